The van der Waals surface area contributed by atoms with Crippen molar-refractivity contribution in [3.8, 4) is 5.75 Å². The molecule has 0 aliphatic heterocycles. The van der Waals surface area contributed by atoms with E-state index in [1.165, 1.54) is 36.7 Å². The summed E-state index contributed by atoms with van der Waals surface area (Å²) < 4.78 is 18.0. The Labute approximate surface area is 143 Å². The van der Waals surface area contributed by atoms with Gasteiger partial charge in [0.1, 0.15) is 29.4 Å². The summed E-state index contributed by atoms with van der Waals surface area (Å²) in [5.74, 6) is 0.440. The van der Waals surface area contributed by atoms with E-state index in [1.807, 2.05) is 24.3 Å². The molecule has 1 amide bonds. The van der Waals surface area contributed by atoms with Crippen molar-refractivity contribution in [1.29, 1.82) is 0 Å². The molecule has 0 aliphatic rings. The van der Waals surface area contributed by atoms with Crippen molar-refractivity contribution >= 4 is 23.1 Å². The van der Waals surface area contributed by atoms with E-state index in [-0.39, 0.29) is 11.5 Å². The molecule has 0 bridgehead atoms. The third kappa shape index (κ3) is 4.29. The maximum atomic E-state index is 12.9. The van der Waals surface area contributed by atoms with E-state index in [4.69, 9.17) is 4.74 Å². The van der Waals surface area contributed by atoms with E-state index in [9.17, 15) is 9.18 Å². The molecule has 25 heavy (non-hydrogen) atoms. The number of ether oxygens (including phenoxy) is 1. The van der Waals surface area contributed by atoms with Crippen LogP contribution in [-0.4, -0.2) is 23.0 Å². The molecule has 3 aromatic rings. The topological polar surface area (TPSA) is 76.1 Å². The molecule has 0 saturated heterocycles. The van der Waals surface area contributed by atoms with Crippen molar-refractivity contribution in [2.75, 3.05) is 17.7 Å². The van der Waals surface area contributed by atoms with Gasteiger partial charge in [-0.2, -0.15) is 0 Å². The van der Waals surface area contributed by atoms with Crippen LogP contribution in [-0.2, 0) is 0 Å². The molecule has 3 rings (SSSR count). The van der Waals surface area contributed by atoms with Gasteiger partial charge >= 0.3 is 0 Å². The number of nitrogens with zero attached hydrogens (tertiary/aromatic N) is 2. The van der Waals surface area contributed by atoms with Gasteiger partial charge in [0.05, 0.1) is 7.11 Å². The van der Waals surface area contributed by atoms with E-state index < -0.39 is 5.91 Å². The van der Waals surface area contributed by atoms with Gasteiger partial charge in [-0.1, -0.05) is 0 Å². The first-order chi connectivity index (χ1) is 12.1. The number of hydrogen-bond acceptors (Lipinski definition) is 5. The number of rotatable bonds is 5. The zero-order valence-corrected chi connectivity index (χ0v) is 13.4. The summed E-state index contributed by atoms with van der Waals surface area (Å²) in [5, 5.41) is 5.74. The molecule has 2 N–H and O–H groups in total. The SMILES string of the molecule is COc1ccc(Nc2cc(C(=O)Nc3ccc(F)cc3)ncn2)cc1. The van der Waals surface area contributed by atoms with Gasteiger partial charge in [0.15, 0.2) is 0 Å². The van der Waals surface area contributed by atoms with Crippen LogP contribution in [0.2, 0.25) is 0 Å². The number of carbonyl (C=O) groups excluding carboxylic acids is 1. The number of halogens is 1. The third-order valence-corrected chi connectivity index (χ3v) is 3.36. The Kier molecular flexibility index (Phi) is 4.84. The predicted octanol–water partition coefficient (Wildman–Crippen LogP) is 3.62. The summed E-state index contributed by atoms with van der Waals surface area (Å²) in [7, 11) is 1.60. The molecule has 6 nitrogen and oxygen atoms in total. The lowest BCUT2D eigenvalue weighted by molar-refractivity contribution is 0.102. The molecule has 0 radical (unpaired) electrons. The van der Waals surface area contributed by atoms with Gasteiger partial charge in [-0.25, -0.2) is 14.4 Å². The van der Waals surface area contributed by atoms with Gasteiger partial charge < -0.3 is 15.4 Å². The molecule has 2 aromatic carbocycles. The Balaban J connectivity index is 1.71. The molecule has 0 atom stereocenters. The second kappa shape index (κ2) is 7.39. The molecule has 1 aromatic heterocycles. The fourth-order valence-electron chi connectivity index (χ4n) is 2.10. The summed E-state index contributed by atoms with van der Waals surface area (Å²) in [5.41, 5.74) is 1.47. The van der Waals surface area contributed by atoms with E-state index in [0.717, 1.165) is 11.4 Å². The average Bonchev–Trinajstić information content (AvgIpc) is 2.64. The number of benzene rings is 2. The minimum absolute atomic E-state index is 0.190. The summed E-state index contributed by atoms with van der Waals surface area (Å²) in [6.07, 6.45) is 1.30. The minimum atomic E-state index is -0.410. The lowest BCUT2D eigenvalue weighted by Crippen LogP contribution is -2.14. The molecular formula is C18H15FN4O2. The van der Waals surface area contributed by atoms with Crippen molar-refractivity contribution in [3.63, 3.8) is 0 Å². The Hall–Kier alpha value is -3.48. The Morgan fingerprint density at radius 1 is 1.00 bits per heavy atom. The van der Waals surface area contributed by atoms with E-state index in [0.29, 0.717) is 11.5 Å². The molecule has 7 heteroatoms. The molecule has 0 aliphatic carbocycles. The molecule has 0 fully saturated rings. The quantitative estimate of drug-likeness (QED) is 0.743. The number of hydrogen-bond donors (Lipinski definition) is 2. The van der Waals surface area contributed by atoms with Crippen LogP contribution in [0.25, 0.3) is 0 Å². The monoisotopic (exact) mass is 338 g/mol. The first-order valence-corrected chi connectivity index (χ1v) is 7.44. The van der Waals surface area contributed by atoms with Gasteiger partial charge in [-0.3, -0.25) is 4.79 Å². The number of anilines is 3. The van der Waals surface area contributed by atoms with Gasteiger partial charge in [0.2, 0.25) is 0 Å². The molecule has 0 saturated carbocycles. The number of aromatic nitrogens is 2. The lowest BCUT2D eigenvalue weighted by atomic mass is 10.3. The highest BCUT2D eigenvalue weighted by Gasteiger charge is 2.09. The van der Waals surface area contributed by atoms with Gasteiger partial charge in [-0.05, 0) is 48.5 Å². The number of carbonyl (C=O) groups is 1. The average molecular weight is 338 g/mol. The van der Waals surface area contributed by atoms with Gasteiger partial charge in [0, 0.05) is 17.4 Å². The zero-order valence-electron chi connectivity index (χ0n) is 13.4. The van der Waals surface area contributed by atoms with Crippen LogP contribution in [0.4, 0.5) is 21.6 Å². The largest absolute Gasteiger partial charge is 0.497 e. The van der Waals surface area contributed by atoms with Crippen LogP contribution >= 0.6 is 0 Å². The molecular weight excluding hydrogens is 323 g/mol. The van der Waals surface area contributed by atoms with Crippen molar-refractivity contribution in [3.05, 3.63) is 72.4 Å². The van der Waals surface area contributed by atoms with E-state index in [1.54, 1.807) is 7.11 Å². The van der Waals surface area contributed by atoms with Crippen LogP contribution in [0.3, 0.4) is 0 Å². The standard InChI is InChI=1S/C18H15FN4O2/c1-25-15-8-6-13(7-9-15)22-17-10-16(20-11-21-17)18(24)23-14-4-2-12(19)3-5-14/h2-11H,1H3,(H,23,24)(H,20,21,22). The zero-order chi connectivity index (χ0) is 17.6. The minimum Gasteiger partial charge on any atom is -0.497 e. The summed E-state index contributed by atoms with van der Waals surface area (Å²) in [6, 6.07) is 14.3. The first-order valence-electron chi connectivity index (χ1n) is 7.44. The Morgan fingerprint density at radius 3 is 2.36 bits per heavy atom. The lowest BCUT2D eigenvalue weighted by Gasteiger charge is -2.08. The number of amides is 1. The van der Waals surface area contributed by atoms with Gasteiger partial charge in [-0.15, -0.1) is 0 Å². The number of methoxy groups -OCH3 is 1. The van der Waals surface area contributed by atoms with Crippen LogP contribution in [0.5, 0.6) is 5.75 Å². The van der Waals surface area contributed by atoms with E-state index >= 15 is 0 Å². The second-order valence-corrected chi connectivity index (χ2v) is 5.10. The predicted molar refractivity (Wildman–Crippen MR) is 92.7 cm³/mol. The maximum Gasteiger partial charge on any atom is 0.274 e. The highest BCUT2D eigenvalue weighted by molar-refractivity contribution is 6.03. The molecule has 126 valence electrons. The van der Waals surface area contributed by atoms with Crippen molar-refractivity contribution in [1.82, 2.24) is 9.97 Å². The fourth-order valence-corrected chi connectivity index (χ4v) is 2.10. The van der Waals surface area contributed by atoms with E-state index in [2.05, 4.69) is 20.6 Å². The Bertz CT molecular complexity index is 867. The number of nitrogens with one attached hydrogen (secondary N) is 2. The van der Waals surface area contributed by atoms with Crippen molar-refractivity contribution in [2.45, 2.75) is 0 Å². The third-order valence-electron chi connectivity index (χ3n) is 3.36. The van der Waals surface area contributed by atoms with Crippen LogP contribution in [0.15, 0.2) is 60.9 Å². The van der Waals surface area contributed by atoms with Crippen LogP contribution < -0.4 is 15.4 Å². The first kappa shape index (κ1) is 16.4. The van der Waals surface area contributed by atoms with Crippen LogP contribution in [0, 0.1) is 5.82 Å². The molecule has 0 unspecified atom stereocenters. The highest BCUT2D eigenvalue weighted by Crippen LogP contribution is 2.19. The summed E-state index contributed by atoms with van der Waals surface area (Å²) in [6.45, 7) is 0. The normalized spacial score (nSPS) is 10.2. The summed E-state index contributed by atoms with van der Waals surface area (Å²) in [4.78, 5) is 20.3. The second-order valence-electron chi connectivity index (χ2n) is 5.10. The van der Waals surface area contributed by atoms with Crippen molar-refractivity contribution < 1.29 is 13.9 Å². The smallest absolute Gasteiger partial charge is 0.274 e. The Morgan fingerprint density at radius 2 is 1.68 bits per heavy atom. The van der Waals surface area contributed by atoms with Crippen LogP contribution in [0.1, 0.15) is 10.5 Å². The van der Waals surface area contributed by atoms with Gasteiger partial charge in [0.25, 0.3) is 5.91 Å². The highest BCUT2D eigenvalue weighted by atomic mass is 19.1. The summed E-state index contributed by atoms with van der Waals surface area (Å²) >= 11 is 0. The fraction of sp³-hybridized carbons (Fsp3) is 0.0556. The molecule has 0 spiro atoms. The van der Waals surface area contributed by atoms with Crippen molar-refractivity contribution in [2.24, 2.45) is 0 Å². The molecule has 1 heterocycles. The maximum absolute atomic E-state index is 12.9.